The van der Waals surface area contributed by atoms with Crippen molar-refractivity contribution in [3.8, 4) is 0 Å². The molecule has 0 spiro atoms. The second-order valence-corrected chi connectivity index (χ2v) is 5.92. The van der Waals surface area contributed by atoms with Gasteiger partial charge in [-0.2, -0.15) is 0 Å². The summed E-state index contributed by atoms with van der Waals surface area (Å²) in [5.41, 5.74) is 10.5. The van der Waals surface area contributed by atoms with Crippen molar-refractivity contribution in [3.05, 3.63) is 34.4 Å². The average Bonchev–Trinajstić information content (AvgIpc) is 2.75. The van der Waals surface area contributed by atoms with Crippen LogP contribution in [-0.4, -0.2) is 11.4 Å². The second kappa shape index (κ2) is 6.59. The van der Waals surface area contributed by atoms with Crippen LogP contribution in [0, 0.1) is 20.8 Å². The lowest BCUT2D eigenvalue weighted by Crippen LogP contribution is -2.51. The maximum Gasteiger partial charge on any atom is 0.240 e. The lowest BCUT2D eigenvalue weighted by Gasteiger charge is -2.23. The summed E-state index contributed by atoms with van der Waals surface area (Å²) < 4.78 is 0. The van der Waals surface area contributed by atoms with E-state index < -0.39 is 5.54 Å². The maximum absolute atomic E-state index is 12.2. The van der Waals surface area contributed by atoms with Crippen molar-refractivity contribution in [3.63, 3.8) is 0 Å². The Morgan fingerprint density at radius 1 is 1.20 bits per heavy atom. The number of benzene rings is 1. The number of carbonyl (C=O) groups excluding carboxylic acids is 1. The Labute approximate surface area is 127 Å². The van der Waals surface area contributed by atoms with Crippen LogP contribution in [0.4, 0.5) is 0 Å². The van der Waals surface area contributed by atoms with Crippen molar-refractivity contribution in [2.75, 3.05) is 0 Å². The summed E-state index contributed by atoms with van der Waals surface area (Å²) in [6.45, 7) is 6.86. The van der Waals surface area contributed by atoms with E-state index in [2.05, 4.69) is 38.2 Å². The van der Waals surface area contributed by atoms with E-state index in [0.717, 1.165) is 25.7 Å². The Kier molecular flexibility index (Phi) is 5.60. The van der Waals surface area contributed by atoms with Crippen LogP contribution in [-0.2, 0) is 11.3 Å². The lowest BCUT2D eigenvalue weighted by molar-refractivity contribution is -0.126. The molecule has 1 fully saturated rings. The first-order valence-corrected chi connectivity index (χ1v) is 7.06. The van der Waals surface area contributed by atoms with Crippen molar-refractivity contribution < 1.29 is 4.79 Å². The minimum absolute atomic E-state index is 0. The largest absolute Gasteiger partial charge is 0.350 e. The maximum atomic E-state index is 12.2. The van der Waals surface area contributed by atoms with Crippen LogP contribution in [0.25, 0.3) is 0 Å². The Hall–Kier alpha value is -1.06. The average molecular weight is 297 g/mol. The molecular weight excluding hydrogens is 272 g/mol. The monoisotopic (exact) mass is 296 g/mol. The molecule has 1 amide bonds. The van der Waals surface area contributed by atoms with Gasteiger partial charge in [-0.25, -0.2) is 0 Å². The van der Waals surface area contributed by atoms with E-state index in [1.165, 1.54) is 22.3 Å². The summed E-state index contributed by atoms with van der Waals surface area (Å²) in [6, 6.07) is 4.31. The van der Waals surface area contributed by atoms with Gasteiger partial charge in [0.05, 0.1) is 5.54 Å². The summed E-state index contributed by atoms with van der Waals surface area (Å²) in [7, 11) is 0. The first-order chi connectivity index (χ1) is 8.92. The molecule has 112 valence electrons. The Balaban J connectivity index is 0.00000200. The molecule has 0 atom stereocenters. The van der Waals surface area contributed by atoms with Crippen molar-refractivity contribution in [1.82, 2.24) is 5.32 Å². The number of nitrogens with one attached hydrogen (secondary N) is 1. The summed E-state index contributed by atoms with van der Waals surface area (Å²) in [5, 5.41) is 3.02. The molecule has 3 N–H and O–H groups in total. The number of nitrogens with two attached hydrogens (primary N) is 1. The third kappa shape index (κ3) is 3.53. The van der Waals surface area contributed by atoms with Gasteiger partial charge in [0.1, 0.15) is 0 Å². The number of carbonyl (C=O) groups is 1. The van der Waals surface area contributed by atoms with Crippen LogP contribution >= 0.6 is 12.4 Å². The molecule has 1 aromatic carbocycles. The summed E-state index contributed by atoms with van der Waals surface area (Å²) in [6.07, 6.45) is 3.74. The van der Waals surface area contributed by atoms with Crippen LogP contribution in [0.1, 0.15) is 47.9 Å². The van der Waals surface area contributed by atoms with Gasteiger partial charge in [0.15, 0.2) is 0 Å². The van der Waals surface area contributed by atoms with Gasteiger partial charge in [-0.05, 0) is 50.3 Å². The van der Waals surface area contributed by atoms with Crippen molar-refractivity contribution >= 4 is 18.3 Å². The van der Waals surface area contributed by atoms with Gasteiger partial charge >= 0.3 is 0 Å². The molecular formula is C16H25ClN2O. The molecule has 0 radical (unpaired) electrons. The van der Waals surface area contributed by atoms with Crippen molar-refractivity contribution in [2.45, 2.75) is 58.5 Å². The smallest absolute Gasteiger partial charge is 0.240 e. The molecule has 1 aliphatic rings. The number of rotatable bonds is 3. The number of amides is 1. The van der Waals surface area contributed by atoms with Gasteiger partial charge in [0, 0.05) is 6.54 Å². The highest BCUT2D eigenvalue weighted by atomic mass is 35.5. The lowest BCUT2D eigenvalue weighted by atomic mass is 9.96. The number of hydrogen-bond donors (Lipinski definition) is 2. The van der Waals surface area contributed by atoms with E-state index in [1.807, 2.05) is 0 Å². The van der Waals surface area contributed by atoms with Crippen LogP contribution in [0.15, 0.2) is 12.1 Å². The molecule has 0 bridgehead atoms. The predicted molar refractivity (Wildman–Crippen MR) is 85.1 cm³/mol. The Morgan fingerprint density at radius 3 is 2.20 bits per heavy atom. The van der Waals surface area contributed by atoms with Crippen LogP contribution in [0.5, 0.6) is 0 Å². The zero-order chi connectivity index (χ0) is 14.0. The highest BCUT2D eigenvalue weighted by Gasteiger charge is 2.36. The fourth-order valence-electron chi connectivity index (χ4n) is 3.07. The molecule has 4 heteroatoms. The zero-order valence-corrected chi connectivity index (χ0v) is 13.4. The molecule has 1 aromatic rings. The Bertz CT molecular complexity index is 470. The predicted octanol–water partition coefficient (Wildman–Crippen LogP) is 2.92. The normalized spacial score (nSPS) is 16.6. The Morgan fingerprint density at radius 2 is 1.70 bits per heavy atom. The van der Waals surface area contributed by atoms with Crippen LogP contribution in [0.3, 0.4) is 0 Å². The minimum atomic E-state index is -0.632. The number of aryl methyl sites for hydroxylation is 3. The topological polar surface area (TPSA) is 55.1 Å². The SMILES string of the molecule is Cc1cc(C)c(CNC(=O)C2(N)CCCC2)c(C)c1.Cl. The molecule has 2 rings (SSSR count). The van der Waals surface area contributed by atoms with E-state index >= 15 is 0 Å². The third-order valence-corrected chi connectivity index (χ3v) is 4.21. The fraction of sp³-hybridized carbons (Fsp3) is 0.562. The highest BCUT2D eigenvalue weighted by molar-refractivity contribution is 5.86. The standard InChI is InChI=1S/C16H24N2O.ClH/c1-11-8-12(2)14(13(3)9-11)10-18-15(19)16(17)6-4-5-7-16;/h8-9H,4-7,10,17H2,1-3H3,(H,18,19);1H. The highest BCUT2D eigenvalue weighted by Crippen LogP contribution is 2.27. The van der Waals surface area contributed by atoms with Gasteiger partial charge < -0.3 is 11.1 Å². The van der Waals surface area contributed by atoms with Crippen LogP contribution in [0.2, 0.25) is 0 Å². The zero-order valence-electron chi connectivity index (χ0n) is 12.6. The molecule has 1 saturated carbocycles. The quantitative estimate of drug-likeness (QED) is 0.901. The van der Waals surface area contributed by atoms with E-state index in [9.17, 15) is 4.79 Å². The molecule has 3 nitrogen and oxygen atoms in total. The molecule has 0 aromatic heterocycles. The first-order valence-electron chi connectivity index (χ1n) is 7.06. The van der Waals surface area contributed by atoms with Gasteiger partial charge in [0.2, 0.25) is 5.91 Å². The van der Waals surface area contributed by atoms with Gasteiger partial charge in [-0.3, -0.25) is 4.79 Å². The summed E-state index contributed by atoms with van der Waals surface area (Å²) in [4.78, 5) is 12.2. The molecule has 20 heavy (non-hydrogen) atoms. The van der Waals surface area contributed by atoms with E-state index in [0.29, 0.717) is 6.54 Å². The summed E-state index contributed by atoms with van der Waals surface area (Å²) >= 11 is 0. The van der Waals surface area contributed by atoms with Crippen LogP contribution < -0.4 is 11.1 Å². The summed E-state index contributed by atoms with van der Waals surface area (Å²) in [5.74, 6) is 0.00405. The van der Waals surface area contributed by atoms with Gasteiger partial charge in [0.25, 0.3) is 0 Å². The number of halogens is 1. The molecule has 0 saturated heterocycles. The number of hydrogen-bond acceptors (Lipinski definition) is 2. The molecule has 0 heterocycles. The second-order valence-electron chi connectivity index (χ2n) is 5.92. The molecule has 1 aliphatic carbocycles. The van der Waals surface area contributed by atoms with Crippen molar-refractivity contribution in [1.29, 1.82) is 0 Å². The molecule has 0 aliphatic heterocycles. The molecule has 0 unspecified atom stereocenters. The minimum Gasteiger partial charge on any atom is -0.350 e. The van der Waals surface area contributed by atoms with Gasteiger partial charge in [-0.15, -0.1) is 12.4 Å². The third-order valence-electron chi connectivity index (χ3n) is 4.21. The van der Waals surface area contributed by atoms with Gasteiger partial charge in [-0.1, -0.05) is 30.5 Å². The van der Waals surface area contributed by atoms with Crippen molar-refractivity contribution in [2.24, 2.45) is 5.73 Å². The van der Waals surface area contributed by atoms with E-state index in [1.54, 1.807) is 0 Å². The first kappa shape index (κ1) is 17.0. The van der Waals surface area contributed by atoms with E-state index in [-0.39, 0.29) is 18.3 Å². The van der Waals surface area contributed by atoms with E-state index in [4.69, 9.17) is 5.73 Å². The fourth-order valence-corrected chi connectivity index (χ4v) is 3.07.